The number of piperidine rings is 1. The molecule has 0 radical (unpaired) electrons. The van der Waals surface area contributed by atoms with Crippen LogP contribution in [0.2, 0.25) is 0 Å². The topological polar surface area (TPSA) is 15.3 Å². The van der Waals surface area contributed by atoms with Crippen LogP contribution >= 0.6 is 0 Å². The molecular weight excluding hydrogens is 136 g/mol. The molecule has 2 nitrogen and oxygen atoms in total. The first-order valence-corrected chi connectivity index (χ1v) is 4.78. The number of hydrogen-bond acceptors (Lipinski definition) is 2. The van der Waals surface area contributed by atoms with Gasteiger partial charge in [0.2, 0.25) is 0 Å². The van der Waals surface area contributed by atoms with Crippen LogP contribution in [0.5, 0.6) is 0 Å². The second-order valence-electron chi connectivity index (χ2n) is 3.45. The Morgan fingerprint density at radius 3 is 2.82 bits per heavy atom. The molecule has 1 fully saturated rings. The second-order valence-corrected chi connectivity index (χ2v) is 3.45. The summed E-state index contributed by atoms with van der Waals surface area (Å²) < 4.78 is 0. The third kappa shape index (κ3) is 2.80. The quantitative estimate of drug-likeness (QED) is 0.665. The molecule has 1 rings (SSSR count). The van der Waals surface area contributed by atoms with Crippen LogP contribution in [-0.2, 0) is 0 Å². The van der Waals surface area contributed by atoms with Crippen molar-refractivity contribution >= 4 is 0 Å². The maximum absolute atomic E-state index is 3.53. The molecule has 0 bridgehead atoms. The Morgan fingerprint density at radius 1 is 1.45 bits per heavy atom. The predicted octanol–water partition coefficient (Wildman–Crippen LogP) is 1.43. The van der Waals surface area contributed by atoms with E-state index in [2.05, 4.69) is 24.2 Å². The van der Waals surface area contributed by atoms with Gasteiger partial charge in [0.15, 0.2) is 0 Å². The number of nitrogens with zero attached hydrogens (tertiary/aromatic N) is 1. The molecule has 1 unspecified atom stereocenters. The second kappa shape index (κ2) is 4.73. The van der Waals surface area contributed by atoms with Gasteiger partial charge >= 0.3 is 0 Å². The van der Waals surface area contributed by atoms with Gasteiger partial charge in [-0.05, 0) is 45.8 Å². The molecule has 1 saturated heterocycles. The van der Waals surface area contributed by atoms with Crippen LogP contribution in [0.1, 0.15) is 32.6 Å². The van der Waals surface area contributed by atoms with Crippen molar-refractivity contribution < 1.29 is 0 Å². The van der Waals surface area contributed by atoms with Gasteiger partial charge in [-0.1, -0.05) is 6.92 Å². The Morgan fingerprint density at radius 2 is 2.27 bits per heavy atom. The zero-order chi connectivity index (χ0) is 8.10. The summed E-state index contributed by atoms with van der Waals surface area (Å²) in [5, 5.41) is 3.53. The van der Waals surface area contributed by atoms with E-state index in [9.17, 15) is 0 Å². The molecule has 0 aromatic rings. The fraction of sp³-hybridized carbons (Fsp3) is 1.00. The normalized spacial score (nSPS) is 25.9. The van der Waals surface area contributed by atoms with Gasteiger partial charge in [0.05, 0.1) is 6.17 Å². The van der Waals surface area contributed by atoms with Gasteiger partial charge in [0.1, 0.15) is 0 Å². The Hall–Kier alpha value is -0.0800. The van der Waals surface area contributed by atoms with E-state index in [1.165, 1.54) is 38.8 Å². The van der Waals surface area contributed by atoms with Crippen molar-refractivity contribution in [3.05, 3.63) is 0 Å². The minimum atomic E-state index is 0.656. The van der Waals surface area contributed by atoms with E-state index < -0.39 is 0 Å². The van der Waals surface area contributed by atoms with E-state index in [0.717, 1.165) is 0 Å². The van der Waals surface area contributed by atoms with Crippen LogP contribution in [0.25, 0.3) is 0 Å². The minimum Gasteiger partial charge on any atom is -0.302 e. The fourth-order valence-corrected chi connectivity index (χ4v) is 1.72. The summed E-state index contributed by atoms with van der Waals surface area (Å²) in [4.78, 5) is 2.43. The lowest BCUT2D eigenvalue weighted by Crippen LogP contribution is -2.46. The summed E-state index contributed by atoms with van der Waals surface area (Å²) in [5.41, 5.74) is 0. The number of rotatable bonds is 3. The van der Waals surface area contributed by atoms with Gasteiger partial charge in [-0.25, -0.2) is 0 Å². The summed E-state index contributed by atoms with van der Waals surface area (Å²) in [6.07, 6.45) is 6.00. The lowest BCUT2D eigenvalue weighted by molar-refractivity contribution is 0.171. The van der Waals surface area contributed by atoms with Crippen molar-refractivity contribution in [2.45, 2.75) is 38.8 Å². The predicted molar refractivity (Wildman–Crippen MR) is 48.6 cm³/mol. The summed E-state index contributed by atoms with van der Waals surface area (Å²) in [6.45, 7) is 4.66. The van der Waals surface area contributed by atoms with E-state index in [1.807, 2.05) is 0 Å². The molecule has 11 heavy (non-hydrogen) atoms. The van der Waals surface area contributed by atoms with E-state index in [0.29, 0.717) is 6.17 Å². The maximum Gasteiger partial charge on any atom is 0.0594 e. The van der Waals surface area contributed by atoms with Crippen LogP contribution < -0.4 is 5.32 Å². The summed E-state index contributed by atoms with van der Waals surface area (Å²) in [7, 11) is 2.21. The molecule has 0 spiro atoms. The average Bonchev–Trinajstić information content (AvgIpc) is 2.07. The van der Waals surface area contributed by atoms with Crippen molar-refractivity contribution in [1.82, 2.24) is 10.2 Å². The van der Waals surface area contributed by atoms with Gasteiger partial charge in [-0.15, -0.1) is 0 Å². The highest BCUT2D eigenvalue weighted by Crippen LogP contribution is 2.09. The number of nitrogens with one attached hydrogen (secondary N) is 1. The molecule has 0 aromatic heterocycles. The highest BCUT2D eigenvalue weighted by atomic mass is 15.2. The summed E-state index contributed by atoms with van der Waals surface area (Å²) in [5.74, 6) is 0. The maximum atomic E-state index is 3.53. The van der Waals surface area contributed by atoms with Crippen LogP contribution in [0.3, 0.4) is 0 Å². The molecule has 0 amide bonds. The Bertz CT molecular complexity index is 97.7. The zero-order valence-corrected chi connectivity index (χ0v) is 7.77. The van der Waals surface area contributed by atoms with Crippen LogP contribution in [0, 0.1) is 0 Å². The van der Waals surface area contributed by atoms with Crippen molar-refractivity contribution in [3.63, 3.8) is 0 Å². The van der Waals surface area contributed by atoms with Gasteiger partial charge in [0.25, 0.3) is 0 Å². The first-order chi connectivity index (χ1) is 5.34. The standard InChI is InChI=1S/C9H20N2/c1-3-8-11(2)9-6-4-5-7-10-9/h9-10H,3-8H2,1-2H3. The molecule has 0 aromatic carbocycles. The Balaban J connectivity index is 2.21. The zero-order valence-electron chi connectivity index (χ0n) is 7.77. The summed E-state index contributed by atoms with van der Waals surface area (Å²) >= 11 is 0. The average molecular weight is 156 g/mol. The fourth-order valence-electron chi connectivity index (χ4n) is 1.72. The lowest BCUT2D eigenvalue weighted by Gasteiger charge is -2.31. The monoisotopic (exact) mass is 156 g/mol. The van der Waals surface area contributed by atoms with Gasteiger partial charge in [0, 0.05) is 0 Å². The molecule has 1 aliphatic heterocycles. The molecule has 1 heterocycles. The first kappa shape index (κ1) is 9.01. The first-order valence-electron chi connectivity index (χ1n) is 4.78. The molecule has 0 saturated carbocycles. The highest BCUT2D eigenvalue weighted by Gasteiger charge is 2.15. The van der Waals surface area contributed by atoms with E-state index in [-0.39, 0.29) is 0 Å². The molecule has 66 valence electrons. The number of hydrogen-bond donors (Lipinski definition) is 1. The van der Waals surface area contributed by atoms with E-state index in [1.54, 1.807) is 0 Å². The third-order valence-electron chi connectivity index (χ3n) is 2.39. The molecule has 1 N–H and O–H groups in total. The highest BCUT2D eigenvalue weighted by molar-refractivity contribution is 4.70. The molecule has 0 aliphatic carbocycles. The smallest absolute Gasteiger partial charge is 0.0594 e. The molecule has 2 heteroatoms. The van der Waals surface area contributed by atoms with Crippen molar-refractivity contribution in [2.75, 3.05) is 20.1 Å². The minimum absolute atomic E-state index is 0.656. The Kier molecular flexibility index (Phi) is 3.87. The largest absolute Gasteiger partial charge is 0.302 e. The van der Waals surface area contributed by atoms with E-state index >= 15 is 0 Å². The van der Waals surface area contributed by atoms with Gasteiger partial charge in [-0.2, -0.15) is 0 Å². The van der Waals surface area contributed by atoms with Gasteiger partial charge in [-0.3, -0.25) is 4.90 Å². The van der Waals surface area contributed by atoms with Gasteiger partial charge < -0.3 is 5.32 Å². The third-order valence-corrected chi connectivity index (χ3v) is 2.39. The van der Waals surface area contributed by atoms with Crippen LogP contribution in [0.4, 0.5) is 0 Å². The van der Waals surface area contributed by atoms with Crippen LogP contribution in [0.15, 0.2) is 0 Å². The lowest BCUT2D eigenvalue weighted by atomic mass is 10.1. The summed E-state index contributed by atoms with van der Waals surface area (Å²) in [6, 6.07) is 0. The molecule has 1 atom stereocenters. The van der Waals surface area contributed by atoms with Crippen molar-refractivity contribution in [1.29, 1.82) is 0 Å². The SMILES string of the molecule is CCCN(C)C1CCCCN1. The molecular formula is C9H20N2. The van der Waals surface area contributed by atoms with Crippen LogP contribution in [-0.4, -0.2) is 31.2 Å². The van der Waals surface area contributed by atoms with E-state index in [4.69, 9.17) is 0 Å². The van der Waals surface area contributed by atoms with Crippen molar-refractivity contribution in [2.24, 2.45) is 0 Å². The van der Waals surface area contributed by atoms with Crippen molar-refractivity contribution in [3.8, 4) is 0 Å². The molecule has 1 aliphatic rings. The Labute approximate surface area is 70.0 Å².